The molecule has 0 saturated carbocycles. The first-order valence-corrected chi connectivity index (χ1v) is 12.9. The number of benzene rings is 3. The average molecular weight is 656 g/mol. The SMILES string of the molecule is [2H]C([2H])([2H])Oc1cc(C(=O)Nc2cc3c(cc2Oc2cc(C)cc(C)c2)C(=O)N[C@@H](CC(=O)N(OC([2H])([2H])[2H])C([2H])([2H])[2H])C(=O)N3)c(Cl)c(OC([2H])([2H])[2H])c1OC([2H])([2H])[2H]. The molecule has 1 aliphatic rings. The van der Waals surface area contributed by atoms with Gasteiger partial charge in [0, 0.05) is 11.1 Å². The Labute approximate surface area is 285 Å². The Morgan fingerprint density at radius 1 is 0.956 bits per heavy atom. The Balaban J connectivity index is 1.85. The first kappa shape index (κ1) is 18.1. The molecule has 1 heterocycles. The van der Waals surface area contributed by atoms with Gasteiger partial charge >= 0.3 is 0 Å². The number of nitrogens with zero attached hydrogens (tertiary/aromatic N) is 1. The van der Waals surface area contributed by atoms with Gasteiger partial charge in [-0.15, -0.1) is 0 Å². The van der Waals surface area contributed by atoms with Crippen LogP contribution < -0.4 is 34.9 Å². The lowest BCUT2D eigenvalue weighted by Crippen LogP contribution is -2.44. The number of carbonyl (C=O) groups excluding carboxylic acids is 4. The van der Waals surface area contributed by atoms with Gasteiger partial charge in [0.1, 0.15) is 11.8 Å². The number of ether oxygens (including phenoxy) is 4. The fourth-order valence-corrected chi connectivity index (χ4v) is 4.62. The summed E-state index contributed by atoms with van der Waals surface area (Å²) in [5.74, 6) is -8.38. The maximum absolute atomic E-state index is 14.1. The van der Waals surface area contributed by atoms with Gasteiger partial charge in [0.25, 0.3) is 11.8 Å². The lowest BCUT2D eigenvalue weighted by Gasteiger charge is -2.18. The number of halogens is 1. The number of hydrogen-bond donors (Lipinski definition) is 3. The molecule has 45 heavy (non-hydrogen) atoms. The van der Waals surface area contributed by atoms with E-state index >= 15 is 0 Å². The van der Waals surface area contributed by atoms with Crippen molar-refractivity contribution in [2.24, 2.45) is 0 Å². The number of methoxy groups -OCH3 is 3. The number of anilines is 2. The van der Waals surface area contributed by atoms with E-state index in [4.69, 9.17) is 51.1 Å². The Morgan fingerprint density at radius 2 is 1.69 bits per heavy atom. The molecule has 13 nitrogen and oxygen atoms in total. The number of hydrogen-bond acceptors (Lipinski definition) is 9. The zero-order chi connectivity index (χ0) is 45.5. The van der Waals surface area contributed by atoms with Crippen LogP contribution in [-0.2, 0) is 14.4 Å². The van der Waals surface area contributed by atoms with Gasteiger partial charge in [0.05, 0.1) is 78.5 Å². The highest BCUT2D eigenvalue weighted by molar-refractivity contribution is 6.36. The van der Waals surface area contributed by atoms with Crippen LogP contribution >= 0.6 is 11.6 Å². The van der Waals surface area contributed by atoms with Crippen LogP contribution in [-0.4, -0.2) is 69.9 Å². The van der Waals surface area contributed by atoms with E-state index < -0.39 is 104 Å². The average Bonchev–Trinajstić information content (AvgIpc) is 3.14. The fraction of sp³-hybridized carbons (Fsp3) is 0.290. The van der Waals surface area contributed by atoms with E-state index in [1.165, 1.54) is 0 Å². The summed E-state index contributed by atoms with van der Waals surface area (Å²) >= 11 is 6.43. The maximum atomic E-state index is 14.1. The molecule has 238 valence electrons. The van der Waals surface area contributed by atoms with Crippen LogP contribution in [0.5, 0.6) is 28.7 Å². The molecule has 1 atom stereocenters. The van der Waals surface area contributed by atoms with Gasteiger partial charge in [-0.2, -0.15) is 0 Å². The van der Waals surface area contributed by atoms with E-state index in [-0.39, 0.29) is 28.4 Å². The molecule has 3 N–H and O–H groups in total. The molecular weight excluding hydrogens is 608 g/mol. The van der Waals surface area contributed by atoms with Crippen molar-refractivity contribution in [3.05, 3.63) is 63.7 Å². The predicted molar refractivity (Wildman–Crippen MR) is 166 cm³/mol. The summed E-state index contributed by atoms with van der Waals surface area (Å²) in [4.78, 5) is 58.4. The number of fused-ring (bicyclic) bond motifs is 1. The number of rotatable bonds is 10. The lowest BCUT2D eigenvalue weighted by atomic mass is 10.1. The van der Waals surface area contributed by atoms with E-state index in [0.717, 1.165) is 12.1 Å². The zero-order valence-electron chi connectivity index (χ0n) is 38.2. The Bertz CT molecular complexity index is 2170. The third-order valence-corrected chi connectivity index (χ3v) is 6.69. The Morgan fingerprint density at radius 3 is 2.38 bits per heavy atom. The Hall–Kier alpha value is -5.01. The largest absolute Gasteiger partial charge is 0.493 e. The molecule has 0 saturated heterocycles. The number of nitrogens with one attached hydrogen (secondary N) is 3. The van der Waals surface area contributed by atoms with Gasteiger partial charge in [-0.05, 0) is 55.3 Å². The molecule has 0 unspecified atom stereocenters. The van der Waals surface area contributed by atoms with Gasteiger partial charge in [-0.1, -0.05) is 17.7 Å². The highest BCUT2D eigenvalue weighted by atomic mass is 35.5. The van der Waals surface area contributed by atoms with Crippen LogP contribution in [0.15, 0.2) is 36.4 Å². The molecule has 0 spiro atoms. The molecule has 0 aromatic heterocycles. The maximum Gasteiger partial charge on any atom is 0.257 e. The monoisotopic (exact) mass is 655 g/mol. The molecule has 0 fully saturated rings. The van der Waals surface area contributed by atoms with Crippen molar-refractivity contribution in [2.45, 2.75) is 26.3 Å². The summed E-state index contributed by atoms with van der Waals surface area (Å²) in [7, 11) is -13.5. The van der Waals surface area contributed by atoms with Crippen molar-refractivity contribution >= 4 is 46.6 Å². The summed E-state index contributed by atoms with van der Waals surface area (Å²) in [5.41, 5.74) is -0.382. The van der Waals surface area contributed by atoms with E-state index in [9.17, 15) is 19.2 Å². The third-order valence-electron chi connectivity index (χ3n) is 6.31. The highest BCUT2D eigenvalue weighted by Gasteiger charge is 2.32. The predicted octanol–water partition coefficient (Wildman–Crippen LogP) is 4.49. The molecule has 3 aromatic rings. The van der Waals surface area contributed by atoms with Crippen molar-refractivity contribution in [2.75, 3.05) is 45.8 Å². The summed E-state index contributed by atoms with van der Waals surface area (Å²) < 4.78 is 133. The second-order valence-electron chi connectivity index (χ2n) is 9.47. The van der Waals surface area contributed by atoms with Crippen LogP contribution in [0.3, 0.4) is 0 Å². The molecule has 0 aliphatic carbocycles. The third kappa shape index (κ3) is 7.05. The van der Waals surface area contributed by atoms with Crippen molar-refractivity contribution in [1.29, 1.82) is 0 Å². The molecule has 4 amide bonds. The number of carbonyl (C=O) groups is 4. The summed E-state index contributed by atoms with van der Waals surface area (Å²) in [5, 5.41) is 5.67. The summed E-state index contributed by atoms with van der Waals surface area (Å²) in [6.07, 6.45) is -1.11. The van der Waals surface area contributed by atoms with Gasteiger partial charge in [-0.3, -0.25) is 24.0 Å². The van der Waals surface area contributed by atoms with E-state index in [0.29, 0.717) is 17.2 Å². The number of amides is 4. The minimum absolute atomic E-state index is 0.162. The van der Waals surface area contributed by atoms with Gasteiger partial charge in [-0.25, -0.2) is 5.06 Å². The molecule has 3 aromatic carbocycles. The topological polar surface area (TPSA) is 154 Å². The van der Waals surface area contributed by atoms with E-state index in [2.05, 4.69) is 20.8 Å². The minimum Gasteiger partial charge on any atom is -0.493 e. The quantitative estimate of drug-likeness (QED) is 0.268. The van der Waals surface area contributed by atoms with Crippen LogP contribution in [0, 0.1) is 13.8 Å². The molecule has 0 bridgehead atoms. The van der Waals surface area contributed by atoms with Gasteiger partial charge in [0.2, 0.25) is 17.6 Å². The van der Waals surface area contributed by atoms with Crippen molar-refractivity contribution in [3.8, 4) is 28.7 Å². The van der Waals surface area contributed by atoms with Crippen molar-refractivity contribution in [3.63, 3.8) is 0 Å². The van der Waals surface area contributed by atoms with Crippen LogP contribution in [0.4, 0.5) is 11.4 Å². The van der Waals surface area contributed by atoms with E-state index in [1.54, 1.807) is 32.0 Å². The smallest absolute Gasteiger partial charge is 0.257 e. The lowest BCUT2D eigenvalue weighted by molar-refractivity contribution is -0.169. The fourth-order valence-electron chi connectivity index (χ4n) is 4.36. The van der Waals surface area contributed by atoms with E-state index in [1.807, 2.05) is 0 Å². The zero-order valence-corrected chi connectivity index (χ0v) is 24.0. The van der Waals surface area contributed by atoms with Crippen molar-refractivity contribution < 1.29 is 63.5 Å². The van der Waals surface area contributed by atoms with Gasteiger partial charge in [0.15, 0.2) is 17.2 Å². The summed E-state index contributed by atoms with van der Waals surface area (Å²) in [6, 6.07) is 5.81. The second kappa shape index (κ2) is 13.7. The molecule has 1 aliphatic heterocycles. The van der Waals surface area contributed by atoms with Crippen LogP contribution in [0.25, 0.3) is 0 Å². The minimum atomic E-state index is -3.45. The number of aryl methyl sites for hydroxylation is 2. The van der Waals surface area contributed by atoms with Crippen LogP contribution in [0.2, 0.25) is 5.02 Å². The normalized spacial score (nSPS) is 20.2. The number of hydroxylamine groups is 2. The molecule has 14 heteroatoms. The Kier molecular flexibility index (Phi) is 5.52. The van der Waals surface area contributed by atoms with Crippen LogP contribution in [0.1, 0.15) is 58.8 Å². The first-order chi connectivity index (χ1) is 27.2. The highest BCUT2D eigenvalue weighted by Crippen LogP contribution is 2.45. The summed E-state index contributed by atoms with van der Waals surface area (Å²) in [6.45, 7) is 0.0258. The molecule has 4 rings (SSSR count). The van der Waals surface area contributed by atoms with Crippen molar-refractivity contribution in [1.82, 2.24) is 10.4 Å². The molecular formula is C31H33ClN4O9. The standard InChI is InChI=1S/C31H33ClN4O9/c1-15-8-16(2)10-17(9-15)45-23-11-18-20(33-31(40)22(35-29(18)38)14-25(37)36(3)44-7)13-21(23)34-30(39)19-12-24(41-4)27(42-5)28(43-6)26(19)32/h8-13,22H,14H2,1-7H3,(H,33,40)(H,34,39)(H,35,38)/t22-/m0/s1/i3D3,4D3,5D3,6D3,7D3. The van der Waals surface area contributed by atoms with Gasteiger partial charge < -0.3 is 34.9 Å². The first-order valence-electron chi connectivity index (χ1n) is 20.0. The molecule has 0 radical (unpaired) electrons. The second-order valence-corrected chi connectivity index (χ2v) is 9.85.